The average Bonchev–Trinajstić information content (AvgIpc) is 3.16. The number of tetrazole rings is 1. The average molecular weight is 389 g/mol. The molecular weight excluding hydrogens is 373 g/mol. The van der Waals surface area contributed by atoms with Crippen molar-refractivity contribution in [1.29, 1.82) is 0 Å². The number of benzene rings is 2. The molecule has 1 heterocycles. The number of rotatable bonds is 7. The minimum absolute atomic E-state index is 0.0796. The molecule has 0 saturated carbocycles. The number of thioether (sulfide) groups is 1. The minimum atomic E-state index is -0.366. The third-order valence-electron chi connectivity index (χ3n) is 3.52. The van der Waals surface area contributed by atoms with Gasteiger partial charge in [-0.05, 0) is 46.8 Å². The predicted octanol–water partition coefficient (Wildman–Crippen LogP) is 2.55. The molecule has 1 aromatic heterocycles. The van der Waals surface area contributed by atoms with Crippen LogP contribution in [0.15, 0.2) is 47.6 Å². The first kappa shape index (κ1) is 18.6. The molecular formula is C17H16FN5O3S. The van der Waals surface area contributed by atoms with Crippen LogP contribution in [0.2, 0.25) is 0 Å². The summed E-state index contributed by atoms with van der Waals surface area (Å²) in [6, 6.07) is 10.8. The summed E-state index contributed by atoms with van der Waals surface area (Å²) >= 11 is 1.16. The van der Waals surface area contributed by atoms with E-state index in [1.165, 1.54) is 36.1 Å². The van der Waals surface area contributed by atoms with E-state index < -0.39 is 0 Å². The van der Waals surface area contributed by atoms with E-state index in [2.05, 4.69) is 20.8 Å². The molecule has 3 aromatic rings. The van der Waals surface area contributed by atoms with Gasteiger partial charge in [0.1, 0.15) is 23.0 Å². The normalized spacial score (nSPS) is 10.5. The summed E-state index contributed by atoms with van der Waals surface area (Å²) in [5.41, 5.74) is 1.13. The van der Waals surface area contributed by atoms with Crippen LogP contribution in [-0.4, -0.2) is 46.1 Å². The van der Waals surface area contributed by atoms with Crippen molar-refractivity contribution >= 4 is 23.4 Å². The maximum atomic E-state index is 12.9. The van der Waals surface area contributed by atoms with Crippen LogP contribution in [0.3, 0.4) is 0 Å². The number of carbonyl (C=O) groups excluding carboxylic acids is 1. The highest BCUT2D eigenvalue weighted by Gasteiger charge is 2.15. The Hall–Kier alpha value is -3.14. The number of nitrogens with zero attached hydrogens (tertiary/aromatic N) is 4. The van der Waals surface area contributed by atoms with Gasteiger partial charge in [-0.15, -0.1) is 5.10 Å². The first-order valence-corrected chi connectivity index (χ1v) is 8.78. The molecule has 8 nitrogen and oxygen atoms in total. The number of hydrogen-bond acceptors (Lipinski definition) is 7. The van der Waals surface area contributed by atoms with Gasteiger partial charge in [-0.2, -0.15) is 4.68 Å². The fraction of sp³-hybridized carbons (Fsp3) is 0.176. The van der Waals surface area contributed by atoms with Crippen molar-refractivity contribution in [1.82, 2.24) is 20.2 Å². The van der Waals surface area contributed by atoms with E-state index in [0.717, 1.165) is 11.8 Å². The molecule has 27 heavy (non-hydrogen) atoms. The van der Waals surface area contributed by atoms with Crippen molar-refractivity contribution < 1.29 is 18.7 Å². The van der Waals surface area contributed by atoms with Crippen LogP contribution in [0.4, 0.5) is 10.1 Å². The quantitative estimate of drug-likeness (QED) is 0.621. The Labute approximate surface area is 158 Å². The lowest BCUT2D eigenvalue weighted by atomic mass is 10.3. The van der Waals surface area contributed by atoms with Crippen LogP contribution < -0.4 is 14.8 Å². The van der Waals surface area contributed by atoms with E-state index >= 15 is 0 Å². The number of anilines is 1. The van der Waals surface area contributed by atoms with E-state index in [9.17, 15) is 9.18 Å². The van der Waals surface area contributed by atoms with Gasteiger partial charge in [-0.1, -0.05) is 11.8 Å². The van der Waals surface area contributed by atoms with Gasteiger partial charge in [0.25, 0.3) is 0 Å². The van der Waals surface area contributed by atoms with Crippen molar-refractivity contribution in [3.05, 3.63) is 48.3 Å². The van der Waals surface area contributed by atoms with Crippen LogP contribution in [-0.2, 0) is 4.79 Å². The number of ether oxygens (including phenoxy) is 2. The largest absolute Gasteiger partial charge is 0.497 e. The molecule has 0 atom stereocenters. The molecule has 0 aliphatic carbocycles. The molecule has 1 amide bonds. The van der Waals surface area contributed by atoms with Gasteiger partial charge in [0, 0.05) is 11.8 Å². The zero-order valence-corrected chi connectivity index (χ0v) is 15.4. The molecule has 0 fully saturated rings. The predicted molar refractivity (Wildman–Crippen MR) is 98.0 cm³/mol. The second-order valence-corrected chi connectivity index (χ2v) is 6.20. The first-order valence-electron chi connectivity index (χ1n) is 7.79. The Kier molecular flexibility index (Phi) is 5.87. The SMILES string of the molecule is COc1ccc(-n2nnnc2SCC(=O)Nc2ccc(F)cc2)c(OC)c1. The standard InChI is InChI=1S/C17H16FN5O3S/c1-25-13-7-8-14(15(9-13)26-2)23-17(20-21-22-23)27-10-16(24)19-12-5-3-11(18)4-6-12/h3-9H,10H2,1-2H3,(H,19,24). The van der Waals surface area contributed by atoms with Crippen LogP contribution in [0, 0.1) is 5.82 Å². The Morgan fingerprint density at radius 1 is 1.19 bits per heavy atom. The first-order chi connectivity index (χ1) is 13.1. The molecule has 140 valence electrons. The van der Waals surface area contributed by atoms with Crippen LogP contribution in [0.25, 0.3) is 5.69 Å². The zero-order valence-electron chi connectivity index (χ0n) is 14.5. The Morgan fingerprint density at radius 3 is 2.67 bits per heavy atom. The molecule has 0 aliphatic rings. The van der Waals surface area contributed by atoms with Gasteiger partial charge in [0.05, 0.1) is 20.0 Å². The summed E-state index contributed by atoms with van der Waals surface area (Å²) in [6.45, 7) is 0. The summed E-state index contributed by atoms with van der Waals surface area (Å²) in [4.78, 5) is 12.1. The summed E-state index contributed by atoms with van der Waals surface area (Å²) in [6.07, 6.45) is 0. The van der Waals surface area contributed by atoms with Crippen LogP contribution in [0.5, 0.6) is 11.5 Å². The lowest BCUT2D eigenvalue weighted by Crippen LogP contribution is -2.14. The van der Waals surface area contributed by atoms with E-state index in [0.29, 0.717) is 28.0 Å². The molecule has 0 bridgehead atoms. The van der Waals surface area contributed by atoms with E-state index in [1.807, 2.05) is 0 Å². The van der Waals surface area contributed by atoms with E-state index in [1.54, 1.807) is 25.3 Å². The second kappa shape index (κ2) is 8.49. The number of amides is 1. The van der Waals surface area contributed by atoms with Crippen molar-refractivity contribution in [2.45, 2.75) is 5.16 Å². The number of carbonyl (C=O) groups is 1. The number of methoxy groups -OCH3 is 2. The smallest absolute Gasteiger partial charge is 0.234 e. The molecule has 0 aliphatic heterocycles. The number of halogens is 1. The van der Waals surface area contributed by atoms with Gasteiger partial charge >= 0.3 is 0 Å². The zero-order chi connectivity index (χ0) is 19.2. The summed E-state index contributed by atoms with van der Waals surface area (Å²) in [7, 11) is 3.10. The monoisotopic (exact) mass is 389 g/mol. The van der Waals surface area contributed by atoms with Gasteiger partial charge < -0.3 is 14.8 Å². The molecule has 0 radical (unpaired) electrons. The molecule has 3 rings (SSSR count). The fourth-order valence-corrected chi connectivity index (χ4v) is 2.92. The third-order valence-corrected chi connectivity index (χ3v) is 4.44. The lowest BCUT2D eigenvalue weighted by molar-refractivity contribution is -0.113. The molecule has 0 unspecified atom stereocenters. The van der Waals surface area contributed by atoms with Crippen molar-refractivity contribution in [3.8, 4) is 17.2 Å². The van der Waals surface area contributed by atoms with Gasteiger partial charge in [0.15, 0.2) is 0 Å². The molecule has 0 spiro atoms. The van der Waals surface area contributed by atoms with Gasteiger partial charge in [-0.3, -0.25) is 4.79 Å². The van der Waals surface area contributed by atoms with Crippen LogP contribution in [0.1, 0.15) is 0 Å². The highest BCUT2D eigenvalue weighted by atomic mass is 32.2. The van der Waals surface area contributed by atoms with Crippen LogP contribution >= 0.6 is 11.8 Å². The Bertz CT molecular complexity index is 933. The van der Waals surface area contributed by atoms with Crippen molar-refractivity contribution in [2.75, 3.05) is 25.3 Å². The molecule has 2 aromatic carbocycles. The topological polar surface area (TPSA) is 91.2 Å². The highest BCUT2D eigenvalue weighted by Crippen LogP contribution is 2.29. The number of hydrogen-bond donors (Lipinski definition) is 1. The second-order valence-electron chi connectivity index (χ2n) is 5.25. The lowest BCUT2D eigenvalue weighted by Gasteiger charge is -2.11. The van der Waals surface area contributed by atoms with Crippen molar-refractivity contribution in [2.24, 2.45) is 0 Å². The number of aromatic nitrogens is 4. The molecule has 10 heteroatoms. The highest BCUT2D eigenvalue weighted by molar-refractivity contribution is 7.99. The maximum absolute atomic E-state index is 12.9. The Morgan fingerprint density at radius 2 is 1.96 bits per heavy atom. The van der Waals surface area contributed by atoms with E-state index in [4.69, 9.17) is 9.47 Å². The number of nitrogens with one attached hydrogen (secondary N) is 1. The fourth-order valence-electron chi connectivity index (χ4n) is 2.24. The van der Waals surface area contributed by atoms with Crippen molar-refractivity contribution in [3.63, 3.8) is 0 Å². The Balaban J connectivity index is 1.70. The molecule has 1 N–H and O–H groups in total. The van der Waals surface area contributed by atoms with E-state index in [-0.39, 0.29) is 17.5 Å². The van der Waals surface area contributed by atoms with Gasteiger partial charge in [-0.25, -0.2) is 4.39 Å². The summed E-state index contributed by atoms with van der Waals surface area (Å²) < 4.78 is 24.9. The summed E-state index contributed by atoms with van der Waals surface area (Å²) in [5, 5.41) is 14.7. The van der Waals surface area contributed by atoms with Gasteiger partial charge in [0.2, 0.25) is 11.1 Å². The maximum Gasteiger partial charge on any atom is 0.234 e. The summed E-state index contributed by atoms with van der Waals surface area (Å²) in [5.74, 6) is 0.615. The third kappa shape index (κ3) is 4.53. The molecule has 0 saturated heterocycles. The minimum Gasteiger partial charge on any atom is -0.497 e.